The highest BCUT2D eigenvalue weighted by Gasteiger charge is 2.48. The molecule has 27 heavy (non-hydrogen) atoms. The van der Waals surface area contributed by atoms with Crippen LogP contribution in [0.2, 0.25) is 0 Å². The minimum Gasteiger partial charge on any atom is -0.508 e. The second kappa shape index (κ2) is 7.69. The fraction of sp³-hybridized carbons (Fsp3) is 0.529. The SMILES string of the molecule is O=C1CC[C@H](Cc2cc(O)cc(OC3OC(C(=O)O)C(O)C(O)C3O)c2)O1. The molecular weight excluding hydrogens is 364 g/mol. The molecule has 0 aromatic heterocycles. The van der Waals surface area contributed by atoms with Gasteiger partial charge in [0.25, 0.3) is 0 Å². The molecule has 5 unspecified atom stereocenters. The summed E-state index contributed by atoms with van der Waals surface area (Å²) < 4.78 is 15.6. The third-order valence-corrected chi connectivity index (χ3v) is 4.45. The lowest BCUT2D eigenvalue weighted by Gasteiger charge is -2.38. The minimum absolute atomic E-state index is 0.0473. The first-order valence-corrected chi connectivity index (χ1v) is 8.36. The van der Waals surface area contributed by atoms with E-state index >= 15 is 0 Å². The number of rotatable bonds is 5. The summed E-state index contributed by atoms with van der Waals surface area (Å²) in [6.07, 6.45) is -7.80. The summed E-state index contributed by atoms with van der Waals surface area (Å²) in [6.45, 7) is 0. The number of benzene rings is 1. The fourth-order valence-corrected chi connectivity index (χ4v) is 3.10. The topological polar surface area (TPSA) is 163 Å². The average molecular weight is 384 g/mol. The fourth-order valence-electron chi connectivity index (χ4n) is 3.10. The number of aliphatic carboxylic acids is 1. The number of carbonyl (C=O) groups excluding carboxylic acids is 1. The van der Waals surface area contributed by atoms with Crippen molar-refractivity contribution in [3.8, 4) is 11.5 Å². The van der Waals surface area contributed by atoms with Crippen LogP contribution in [0, 0.1) is 0 Å². The van der Waals surface area contributed by atoms with E-state index in [0.717, 1.165) is 0 Å². The molecule has 0 spiro atoms. The molecule has 0 aliphatic carbocycles. The zero-order valence-corrected chi connectivity index (χ0v) is 14.1. The first-order chi connectivity index (χ1) is 12.7. The Hall–Kier alpha value is -2.40. The van der Waals surface area contributed by atoms with E-state index < -0.39 is 36.7 Å². The Kier molecular flexibility index (Phi) is 5.51. The molecule has 2 aliphatic heterocycles. The van der Waals surface area contributed by atoms with Gasteiger partial charge in [-0.15, -0.1) is 0 Å². The molecule has 2 aliphatic rings. The van der Waals surface area contributed by atoms with Gasteiger partial charge in [-0.05, 0) is 24.1 Å². The van der Waals surface area contributed by atoms with Crippen molar-refractivity contribution < 1.29 is 49.3 Å². The van der Waals surface area contributed by atoms with Crippen LogP contribution in [0.25, 0.3) is 0 Å². The number of carboxylic acids is 1. The van der Waals surface area contributed by atoms with Crippen LogP contribution in [0.15, 0.2) is 18.2 Å². The van der Waals surface area contributed by atoms with Gasteiger partial charge in [0.2, 0.25) is 6.29 Å². The summed E-state index contributed by atoms with van der Waals surface area (Å²) in [5, 5.41) is 48.4. The molecule has 0 bridgehead atoms. The molecule has 1 aromatic rings. The summed E-state index contributed by atoms with van der Waals surface area (Å²) in [7, 11) is 0. The number of carbonyl (C=O) groups is 2. The van der Waals surface area contributed by atoms with Crippen LogP contribution in [-0.4, -0.2) is 74.3 Å². The van der Waals surface area contributed by atoms with E-state index in [0.29, 0.717) is 24.8 Å². The van der Waals surface area contributed by atoms with Gasteiger partial charge in [-0.2, -0.15) is 0 Å². The van der Waals surface area contributed by atoms with Gasteiger partial charge >= 0.3 is 11.9 Å². The van der Waals surface area contributed by atoms with Gasteiger partial charge in [0, 0.05) is 18.9 Å². The molecule has 10 heteroatoms. The number of aromatic hydroxyl groups is 1. The van der Waals surface area contributed by atoms with Crippen LogP contribution >= 0.6 is 0 Å². The van der Waals surface area contributed by atoms with Crippen molar-refractivity contribution in [2.24, 2.45) is 0 Å². The minimum atomic E-state index is -1.82. The second-order valence-corrected chi connectivity index (χ2v) is 6.54. The van der Waals surface area contributed by atoms with E-state index in [-0.39, 0.29) is 23.6 Å². The Morgan fingerprint density at radius 2 is 1.89 bits per heavy atom. The lowest BCUT2D eigenvalue weighted by Crippen LogP contribution is -2.61. The molecule has 0 amide bonds. The average Bonchev–Trinajstić information content (AvgIpc) is 2.99. The van der Waals surface area contributed by atoms with E-state index in [4.69, 9.17) is 19.3 Å². The highest BCUT2D eigenvalue weighted by Crippen LogP contribution is 2.29. The number of esters is 1. The summed E-state index contributed by atoms with van der Waals surface area (Å²) in [5.41, 5.74) is 0.588. The third kappa shape index (κ3) is 4.30. The van der Waals surface area contributed by atoms with Crippen molar-refractivity contribution in [3.05, 3.63) is 23.8 Å². The summed E-state index contributed by atoms with van der Waals surface area (Å²) in [6, 6.07) is 4.18. The summed E-state index contributed by atoms with van der Waals surface area (Å²) >= 11 is 0. The Balaban J connectivity index is 1.74. The molecule has 10 nitrogen and oxygen atoms in total. The van der Waals surface area contributed by atoms with Crippen LogP contribution in [0.1, 0.15) is 18.4 Å². The number of ether oxygens (including phenoxy) is 3. The number of phenols is 1. The molecule has 2 heterocycles. The van der Waals surface area contributed by atoms with Crippen molar-refractivity contribution in [1.29, 1.82) is 0 Å². The molecular formula is C17H20O10. The van der Waals surface area contributed by atoms with Crippen LogP contribution in [0.4, 0.5) is 0 Å². The number of aliphatic hydroxyl groups excluding tert-OH is 3. The third-order valence-electron chi connectivity index (χ3n) is 4.45. The van der Waals surface area contributed by atoms with Gasteiger partial charge in [-0.3, -0.25) is 4.79 Å². The lowest BCUT2D eigenvalue weighted by molar-refractivity contribution is -0.271. The maximum absolute atomic E-state index is 11.2. The number of hydrogen-bond donors (Lipinski definition) is 5. The van der Waals surface area contributed by atoms with Crippen molar-refractivity contribution in [2.45, 2.75) is 56.1 Å². The maximum atomic E-state index is 11.2. The highest BCUT2D eigenvalue weighted by atomic mass is 16.7. The van der Waals surface area contributed by atoms with E-state index in [1.54, 1.807) is 0 Å². The van der Waals surface area contributed by atoms with E-state index in [1.165, 1.54) is 18.2 Å². The molecule has 1 aromatic carbocycles. The molecule has 0 radical (unpaired) electrons. The molecule has 2 saturated heterocycles. The molecule has 0 saturated carbocycles. The number of aliphatic hydroxyl groups is 3. The smallest absolute Gasteiger partial charge is 0.335 e. The first kappa shape index (κ1) is 19.4. The number of cyclic esters (lactones) is 1. The van der Waals surface area contributed by atoms with Gasteiger partial charge < -0.3 is 39.7 Å². The van der Waals surface area contributed by atoms with Gasteiger partial charge in [0.15, 0.2) is 6.10 Å². The molecule has 5 N–H and O–H groups in total. The standard InChI is InChI=1S/C17H20O10/c18-8-3-7(4-9-1-2-11(19)25-9)5-10(6-8)26-17-14(22)12(20)13(21)15(27-17)16(23)24/h3,5-6,9,12-15,17-18,20-22H,1-2,4H2,(H,23,24)/t9-,12?,13?,14?,15?,17?/m1/s1. The summed E-state index contributed by atoms with van der Waals surface area (Å²) in [4.78, 5) is 22.3. The molecule has 2 fully saturated rings. The van der Waals surface area contributed by atoms with Crippen molar-refractivity contribution >= 4 is 11.9 Å². The molecule has 148 valence electrons. The Labute approximate surface area is 153 Å². The number of hydrogen-bond acceptors (Lipinski definition) is 9. The zero-order chi connectivity index (χ0) is 19.7. The number of phenolic OH excluding ortho intramolecular Hbond substituents is 1. The number of carboxylic acid groups (broad SMARTS) is 1. The maximum Gasteiger partial charge on any atom is 0.335 e. The van der Waals surface area contributed by atoms with E-state index in [9.17, 15) is 30.0 Å². The Morgan fingerprint density at radius 1 is 1.15 bits per heavy atom. The molecule has 3 rings (SSSR count). The van der Waals surface area contributed by atoms with Gasteiger partial charge in [0.05, 0.1) is 0 Å². The second-order valence-electron chi connectivity index (χ2n) is 6.54. The monoisotopic (exact) mass is 384 g/mol. The zero-order valence-electron chi connectivity index (χ0n) is 14.1. The van der Waals surface area contributed by atoms with Crippen LogP contribution in [0.3, 0.4) is 0 Å². The molecule has 6 atom stereocenters. The Morgan fingerprint density at radius 3 is 2.52 bits per heavy atom. The van der Waals surface area contributed by atoms with Crippen molar-refractivity contribution in [3.63, 3.8) is 0 Å². The van der Waals surface area contributed by atoms with Gasteiger partial charge in [-0.25, -0.2) is 4.79 Å². The lowest BCUT2D eigenvalue weighted by atomic mass is 9.99. The van der Waals surface area contributed by atoms with Crippen LogP contribution in [-0.2, 0) is 25.5 Å². The quantitative estimate of drug-likeness (QED) is 0.394. The van der Waals surface area contributed by atoms with Gasteiger partial charge in [0.1, 0.15) is 35.9 Å². The normalized spacial score (nSPS) is 33.5. The van der Waals surface area contributed by atoms with Crippen LogP contribution < -0.4 is 4.74 Å². The Bertz CT molecular complexity index is 720. The highest BCUT2D eigenvalue weighted by molar-refractivity contribution is 5.73. The predicted molar refractivity (Wildman–Crippen MR) is 85.9 cm³/mol. The van der Waals surface area contributed by atoms with E-state index in [2.05, 4.69) is 0 Å². The first-order valence-electron chi connectivity index (χ1n) is 8.36. The van der Waals surface area contributed by atoms with Crippen LogP contribution in [0.5, 0.6) is 11.5 Å². The van der Waals surface area contributed by atoms with Gasteiger partial charge in [-0.1, -0.05) is 0 Å². The van der Waals surface area contributed by atoms with Crippen molar-refractivity contribution in [1.82, 2.24) is 0 Å². The van der Waals surface area contributed by atoms with Crippen molar-refractivity contribution in [2.75, 3.05) is 0 Å². The summed E-state index contributed by atoms with van der Waals surface area (Å²) in [5.74, 6) is -1.93. The predicted octanol–water partition coefficient (Wildman–Crippen LogP) is -1.09. The largest absolute Gasteiger partial charge is 0.508 e. The van der Waals surface area contributed by atoms with E-state index in [1.807, 2.05) is 0 Å².